The SMILES string of the molecule is C[C@@H](NC(=O)CCCl)C1CCCCC1. The fraction of sp³-hybridized carbons (Fsp3) is 0.909. The van der Waals surface area contributed by atoms with Crippen LogP contribution in [0.4, 0.5) is 0 Å². The maximum atomic E-state index is 11.3. The van der Waals surface area contributed by atoms with Crippen LogP contribution in [0.1, 0.15) is 45.4 Å². The summed E-state index contributed by atoms with van der Waals surface area (Å²) in [6.07, 6.45) is 6.98. The van der Waals surface area contributed by atoms with E-state index in [0.717, 1.165) is 0 Å². The summed E-state index contributed by atoms with van der Waals surface area (Å²) in [5.74, 6) is 1.20. The van der Waals surface area contributed by atoms with Gasteiger partial charge in [-0.25, -0.2) is 0 Å². The Morgan fingerprint density at radius 3 is 2.64 bits per heavy atom. The lowest BCUT2D eigenvalue weighted by atomic mass is 9.84. The van der Waals surface area contributed by atoms with Crippen molar-refractivity contribution in [2.24, 2.45) is 5.92 Å². The molecule has 0 bridgehead atoms. The Kier molecular flexibility index (Phi) is 5.31. The minimum atomic E-state index is 0.0954. The molecule has 1 saturated carbocycles. The monoisotopic (exact) mass is 217 g/mol. The first-order valence-electron chi connectivity index (χ1n) is 5.59. The molecule has 1 rings (SSSR count). The number of alkyl halides is 1. The molecule has 0 aromatic heterocycles. The number of nitrogens with one attached hydrogen (secondary N) is 1. The molecule has 2 nitrogen and oxygen atoms in total. The first-order valence-corrected chi connectivity index (χ1v) is 6.13. The molecule has 0 unspecified atom stereocenters. The minimum absolute atomic E-state index is 0.0954. The second-order valence-corrected chi connectivity index (χ2v) is 4.57. The highest BCUT2D eigenvalue weighted by Gasteiger charge is 2.20. The summed E-state index contributed by atoms with van der Waals surface area (Å²) in [6, 6.07) is 0.325. The van der Waals surface area contributed by atoms with Gasteiger partial charge < -0.3 is 5.32 Å². The topological polar surface area (TPSA) is 29.1 Å². The lowest BCUT2D eigenvalue weighted by Gasteiger charge is -2.28. The maximum Gasteiger partial charge on any atom is 0.221 e. The predicted molar refractivity (Wildman–Crippen MR) is 59.5 cm³/mol. The summed E-state index contributed by atoms with van der Waals surface area (Å²) in [4.78, 5) is 11.3. The molecule has 0 radical (unpaired) electrons. The van der Waals surface area contributed by atoms with Gasteiger partial charge in [0.15, 0.2) is 0 Å². The first-order chi connectivity index (χ1) is 6.74. The van der Waals surface area contributed by atoms with E-state index in [1.807, 2.05) is 0 Å². The van der Waals surface area contributed by atoms with Crippen LogP contribution < -0.4 is 5.32 Å². The molecule has 0 spiro atoms. The van der Waals surface area contributed by atoms with Crippen LogP contribution in [0.2, 0.25) is 0 Å². The first kappa shape index (κ1) is 11.8. The summed E-state index contributed by atoms with van der Waals surface area (Å²) in [7, 11) is 0. The molecule has 1 aliphatic rings. The zero-order chi connectivity index (χ0) is 10.4. The van der Waals surface area contributed by atoms with E-state index in [9.17, 15) is 4.79 Å². The molecule has 82 valence electrons. The largest absolute Gasteiger partial charge is 0.353 e. The molecule has 1 fully saturated rings. The molecule has 1 amide bonds. The van der Waals surface area contributed by atoms with Gasteiger partial charge in [0.25, 0.3) is 0 Å². The van der Waals surface area contributed by atoms with Crippen molar-refractivity contribution in [2.45, 2.75) is 51.5 Å². The van der Waals surface area contributed by atoms with Gasteiger partial charge >= 0.3 is 0 Å². The van der Waals surface area contributed by atoms with Crippen molar-refractivity contribution >= 4 is 17.5 Å². The van der Waals surface area contributed by atoms with Gasteiger partial charge in [0.1, 0.15) is 0 Å². The van der Waals surface area contributed by atoms with E-state index in [1.54, 1.807) is 0 Å². The van der Waals surface area contributed by atoms with Crippen LogP contribution in [0.5, 0.6) is 0 Å². The highest BCUT2D eigenvalue weighted by Crippen LogP contribution is 2.26. The number of amides is 1. The summed E-state index contributed by atoms with van der Waals surface area (Å²) >= 11 is 5.50. The van der Waals surface area contributed by atoms with Crippen molar-refractivity contribution in [3.8, 4) is 0 Å². The van der Waals surface area contributed by atoms with Crippen molar-refractivity contribution in [3.63, 3.8) is 0 Å². The lowest BCUT2D eigenvalue weighted by Crippen LogP contribution is -2.38. The van der Waals surface area contributed by atoms with Crippen molar-refractivity contribution in [1.82, 2.24) is 5.32 Å². The van der Waals surface area contributed by atoms with Crippen LogP contribution in [0, 0.1) is 5.92 Å². The Hall–Kier alpha value is -0.240. The third-order valence-electron chi connectivity index (χ3n) is 3.07. The van der Waals surface area contributed by atoms with Gasteiger partial charge in [-0.15, -0.1) is 11.6 Å². The van der Waals surface area contributed by atoms with Gasteiger partial charge in [-0.3, -0.25) is 4.79 Å². The Labute approximate surface area is 91.4 Å². The second kappa shape index (κ2) is 6.28. The van der Waals surface area contributed by atoms with Gasteiger partial charge in [-0.2, -0.15) is 0 Å². The quantitative estimate of drug-likeness (QED) is 0.721. The van der Waals surface area contributed by atoms with E-state index < -0.39 is 0 Å². The maximum absolute atomic E-state index is 11.3. The van der Waals surface area contributed by atoms with E-state index >= 15 is 0 Å². The molecule has 0 aromatic rings. The predicted octanol–water partition coefficient (Wildman–Crippen LogP) is 2.70. The molecule has 1 atom stereocenters. The van der Waals surface area contributed by atoms with E-state index in [-0.39, 0.29) is 5.91 Å². The summed E-state index contributed by atoms with van der Waals surface area (Å²) in [6.45, 7) is 2.11. The van der Waals surface area contributed by atoms with Crippen LogP contribution in [-0.4, -0.2) is 17.8 Å². The fourth-order valence-corrected chi connectivity index (χ4v) is 2.34. The normalized spacial score (nSPS) is 20.4. The lowest BCUT2D eigenvalue weighted by molar-refractivity contribution is -0.121. The Balaban J connectivity index is 2.25. The van der Waals surface area contributed by atoms with Gasteiger partial charge in [0.2, 0.25) is 5.91 Å². The van der Waals surface area contributed by atoms with Crippen LogP contribution in [0.3, 0.4) is 0 Å². The number of carbonyl (C=O) groups excluding carboxylic acids is 1. The fourth-order valence-electron chi connectivity index (χ4n) is 2.16. The summed E-state index contributed by atoms with van der Waals surface area (Å²) in [5, 5.41) is 3.03. The summed E-state index contributed by atoms with van der Waals surface area (Å²) in [5.41, 5.74) is 0. The third-order valence-corrected chi connectivity index (χ3v) is 3.26. The van der Waals surface area contributed by atoms with E-state index in [4.69, 9.17) is 11.6 Å². The van der Waals surface area contributed by atoms with Gasteiger partial charge in [-0.05, 0) is 25.7 Å². The molecule has 1 aliphatic carbocycles. The van der Waals surface area contributed by atoms with Crippen molar-refractivity contribution in [1.29, 1.82) is 0 Å². The molecule has 0 saturated heterocycles. The Morgan fingerprint density at radius 2 is 2.07 bits per heavy atom. The third kappa shape index (κ3) is 3.87. The van der Waals surface area contributed by atoms with Crippen LogP contribution in [-0.2, 0) is 4.79 Å². The average molecular weight is 218 g/mol. The van der Waals surface area contributed by atoms with Crippen LogP contribution in [0.15, 0.2) is 0 Å². The highest BCUT2D eigenvalue weighted by atomic mass is 35.5. The minimum Gasteiger partial charge on any atom is -0.353 e. The van der Waals surface area contributed by atoms with Crippen molar-refractivity contribution in [2.75, 3.05) is 5.88 Å². The standard InChI is InChI=1S/C11H20ClNO/c1-9(13-11(14)7-8-12)10-5-3-2-4-6-10/h9-10H,2-8H2,1H3,(H,13,14)/t9-/m1/s1. The molecule has 0 aromatic carbocycles. The second-order valence-electron chi connectivity index (χ2n) is 4.19. The zero-order valence-electron chi connectivity index (χ0n) is 8.89. The zero-order valence-corrected chi connectivity index (χ0v) is 9.65. The molecule has 1 N–H and O–H groups in total. The molecule has 3 heteroatoms. The molecular formula is C11H20ClNO. The molecule has 0 aliphatic heterocycles. The van der Waals surface area contributed by atoms with Gasteiger partial charge in [0, 0.05) is 18.3 Å². The van der Waals surface area contributed by atoms with Gasteiger partial charge in [-0.1, -0.05) is 19.3 Å². The molecular weight excluding hydrogens is 198 g/mol. The number of hydrogen-bond acceptors (Lipinski definition) is 1. The van der Waals surface area contributed by atoms with E-state index in [2.05, 4.69) is 12.2 Å². The van der Waals surface area contributed by atoms with Gasteiger partial charge in [0.05, 0.1) is 0 Å². The summed E-state index contributed by atoms with van der Waals surface area (Å²) < 4.78 is 0. The van der Waals surface area contributed by atoms with Crippen molar-refractivity contribution in [3.05, 3.63) is 0 Å². The average Bonchev–Trinajstić information content (AvgIpc) is 2.19. The van der Waals surface area contributed by atoms with Crippen molar-refractivity contribution < 1.29 is 4.79 Å². The smallest absolute Gasteiger partial charge is 0.221 e. The number of carbonyl (C=O) groups is 1. The number of halogens is 1. The number of hydrogen-bond donors (Lipinski definition) is 1. The highest BCUT2D eigenvalue weighted by molar-refractivity contribution is 6.18. The molecule has 0 heterocycles. The number of rotatable bonds is 4. The molecule has 14 heavy (non-hydrogen) atoms. The van der Waals surface area contributed by atoms with Crippen LogP contribution >= 0.6 is 11.6 Å². The van der Waals surface area contributed by atoms with E-state index in [0.29, 0.717) is 24.3 Å². The van der Waals surface area contributed by atoms with E-state index in [1.165, 1.54) is 32.1 Å². The Bertz CT molecular complexity index is 178. The van der Waals surface area contributed by atoms with Crippen LogP contribution in [0.25, 0.3) is 0 Å². The Morgan fingerprint density at radius 1 is 1.43 bits per heavy atom.